The molecule has 0 aliphatic heterocycles. The summed E-state index contributed by atoms with van der Waals surface area (Å²) in [6.45, 7) is 1.84. The van der Waals surface area contributed by atoms with E-state index >= 15 is 0 Å². The highest BCUT2D eigenvalue weighted by Gasteiger charge is 2.17. The highest BCUT2D eigenvalue weighted by molar-refractivity contribution is 8.00. The minimum Gasteiger partial charge on any atom is -0.493 e. The van der Waals surface area contributed by atoms with Gasteiger partial charge in [-0.3, -0.25) is 4.79 Å². The molecule has 0 spiro atoms. The van der Waals surface area contributed by atoms with E-state index in [4.69, 9.17) is 9.47 Å². The van der Waals surface area contributed by atoms with Crippen LogP contribution in [0.5, 0.6) is 11.5 Å². The number of methoxy groups -OCH3 is 2. The minimum absolute atomic E-state index is 0.113. The number of thioether (sulfide) groups is 1. The normalized spacial score (nSPS) is 12.0. The minimum atomic E-state index is -0.311. The summed E-state index contributed by atoms with van der Waals surface area (Å²) in [4.78, 5) is 20.1. The molecule has 1 amide bonds. The van der Waals surface area contributed by atoms with Crippen LogP contribution < -0.4 is 14.8 Å². The highest BCUT2D eigenvalue weighted by atomic mass is 32.2. The molecule has 0 unspecified atom stereocenters. The Morgan fingerprint density at radius 2 is 1.92 bits per heavy atom. The largest absolute Gasteiger partial charge is 0.493 e. The van der Waals surface area contributed by atoms with E-state index in [2.05, 4.69) is 15.3 Å². The van der Waals surface area contributed by atoms with Crippen LogP contribution in [0.15, 0.2) is 47.6 Å². The number of aromatic nitrogens is 2. The van der Waals surface area contributed by atoms with Crippen LogP contribution in [0, 0.1) is 0 Å². The van der Waals surface area contributed by atoms with Gasteiger partial charge in [0.2, 0.25) is 5.91 Å². The third-order valence-electron chi connectivity index (χ3n) is 3.68. The number of para-hydroxylation sites is 2. The lowest BCUT2D eigenvalue weighted by molar-refractivity contribution is -0.115. The van der Waals surface area contributed by atoms with Crippen molar-refractivity contribution in [2.24, 2.45) is 0 Å². The van der Waals surface area contributed by atoms with Crippen molar-refractivity contribution < 1.29 is 14.3 Å². The first-order chi connectivity index (χ1) is 12.1. The zero-order valence-electron chi connectivity index (χ0n) is 14.2. The molecule has 0 saturated heterocycles. The number of rotatable bonds is 6. The van der Waals surface area contributed by atoms with E-state index in [0.29, 0.717) is 17.2 Å². The molecule has 0 fully saturated rings. The first kappa shape index (κ1) is 17.2. The number of anilines is 1. The van der Waals surface area contributed by atoms with Gasteiger partial charge in [0, 0.05) is 11.8 Å². The number of amides is 1. The second-order valence-electron chi connectivity index (χ2n) is 5.38. The molecule has 0 radical (unpaired) electrons. The van der Waals surface area contributed by atoms with E-state index < -0.39 is 0 Å². The summed E-state index contributed by atoms with van der Waals surface area (Å²) in [5, 5.41) is 3.29. The van der Waals surface area contributed by atoms with Crippen molar-refractivity contribution in [1.82, 2.24) is 9.97 Å². The van der Waals surface area contributed by atoms with E-state index in [9.17, 15) is 4.79 Å². The Hall–Kier alpha value is -2.67. The molecule has 6 nitrogen and oxygen atoms in total. The lowest BCUT2D eigenvalue weighted by Gasteiger charge is -2.13. The number of nitrogens with zero attached hydrogens (tertiary/aromatic N) is 1. The Labute approximate surface area is 149 Å². The lowest BCUT2D eigenvalue weighted by Crippen LogP contribution is -2.22. The number of benzene rings is 2. The fourth-order valence-electron chi connectivity index (χ4n) is 2.36. The first-order valence-electron chi connectivity index (χ1n) is 7.75. The molecule has 1 heterocycles. The Morgan fingerprint density at radius 1 is 1.16 bits per heavy atom. The summed E-state index contributed by atoms with van der Waals surface area (Å²) in [5.74, 6) is 1.07. The van der Waals surface area contributed by atoms with Gasteiger partial charge < -0.3 is 19.8 Å². The molecule has 25 heavy (non-hydrogen) atoms. The lowest BCUT2D eigenvalue weighted by atomic mass is 10.2. The van der Waals surface area contributed by atoms with E-state index in [-0.39, 0.29) is 11.2 Å². The molecule has 7 heteroatoms. The topological polar surface area (TPSA) is 76.2 Å². The van der Waals surface area contributed by atoms with Gasteiger partial charge in [0.15, 0.2) is 16.7 Å². The van der Waals surface area contributed by atoms with Gasteiger partial charge in [0.05, 0.1) is 30.5 Å². The average molecular weight is 357 g/mol. The quantitative estimate of drug-likeness (QED) is 0.658. The van der Waals surface area contributed by atoms with Crippen molar-refractivity contribution in [2.75, 3.05) is 19.5 Å². The van der Waals surface area contributed by atoms with Gasteiger partial charge in [-0.15, -0.1) is 0 Å². The molecule has 3 rings (SSSR count). The molecule has 2 aromatic carbocycles. The van der Waals surface area contributed by atoms with Gasteiger partial charge in [0.25, 0.3) is 0 Å². The standard InChI is InChI=1S/C18H19N3O3S/c1-11(25-18-20-13-6-4-5-7-14(13)21-18)17(22)19-12-8-9-15(23-2)16(10-12)24-3/h4-11H,1-3H3,(H,19,22)(H,20,21)/t11-/m1/s1. The van der Waals surface area contributed by atoms with Gasteiger partial charge in [-0.25, -0.2) is 4.98 Å². The number of fused-ring (bicyclic) bond motifs is 1. The summed E-state index contributed by atoms with van der Waals surface area (Å²) in [6, 6.07) is 13.0. The number of aromatic amines is 1. The van der Waals surface area contributed by atoms with Crippen molar-refractivity contribution in [3.8, 4) is 11.5 Å². The van der Waals surface area contributed by atoms with Gasteiger partial charge in [0.1, 0.15) is 0 Å². The summed E-state index contributed by atoms with van der Waals surface area (Å²) >= 11 is 1.38. The fraction of sp³-hybridized carbons (Fsp3) is 0.222. The van der Waals surface area contributed by atoms with Crippen LogP contribution in [0.3, 0.4) is 0 Å². The Bertz CT molecular complexity index is 861. The van der Waals surface area contributed by atoms with E-state index in [1.54, 1.807) is 32.4 Å². The molecule has 0 bridgehead atoms. The number of carbonyl (C=O) groups is 1. The summed E-state index contributed by atoms with van der Waals surface area (Å²) in [7, 11) is 3.13. The first-order valence-corrected chi connectivity index (χ1v) is 8.63. The Balaban J connectivity index is 1.68. The Kier molecular flexibility index (Phi) is 5.14. The molecule has 3 aromatic rings. The van der Waals surface area contributed by atoms with Crippen LogP contribution in [-0.2, 0) is 4.79 Å². The zero-order valence-corrected chi connectivity index (χ0v) is 15.0. The molecular weight excluding hydrogens is 338 g/mol. The van der Waals surface area contributed by atoms with E-state index in [0.717, 1.165) is 16.2 Å². The number of hydrogen-bond acceptors (Lipinski definition) is 5. The second-order valence-corrected chi connectivity index (χ2v) is 6.71. The molecule has 1 atom stereocenters. The maximum atomic E-state index is 12.4. The van der Waals surface area contributed by atoms with Gasteiger partial charge in [-0.2, -0.15) is 0 Å². The van der Waals surface area contributed by atoms with Crippen molar-refractivity contribution >= 4 is 34.4 Å². The smallest absolute Gasteiger partial charge is 0.237 e. The van der Waals surface area contributed by atoms with Gasteiger partial charge in [-0.1, -0.05) is 23.9 Å². The van der Waals surface area contributed by atoms with Crippen LogP contribution in [-0.4, -0.2) is 35.3 Å². The molecular formula is C18H19N3O3S. The van der Waals surface area contributed by atoms with Crippen LogP contribution in [0.2, 0.25) is 0 Å². The van der Waals surface area contributed by atoms with Crippen LogP contribution in [0.25, 0.3) is 11.0 Å². The van der Waals surface area contributed by atoms with Crippen LogP contribution in [0.1, 0.15) is 6.92 Å². The van der Waals surface area contributed by atoms with Gasteiger partial charge in [-0.05, 0) is 31.2 Å². The maximum Gasteiger partial charge on any atom is 0.237 e. The van der Waals surface area contributed by atoms with Crippen molar-refractivity contribution in [3.63, 3.8) is 0 Å². The fourth-order valence-corrected chi connectivity index (χ4v) is 3.18. The van der Waals surface area contributed by atoms with Crippen molar-refractivity contribution in [2.45, 2.75) is 17.3 Å². The number of imidazole rings is 1. The summed E-state index contributed by atoms with van der Waals surface area (Å²) < 4.78 is 10.4. The molecule has 0 aliphatic rings. The number of nitrogens with one attached hydrogen (secondary N) is 2. The summed E-state index contributed by atoms with van der Waals surface area (Å²) in [5.41, 5.74) is 2.50. The summed E-state index contributed by atoms with van der Waals surface area (Å²) in [6.07, 6.45) is 0. The number of ether oxygens (including phenoxy) is 2. The number of carbonyl (C=O) groups excluding carboxylic acids is 1. The molecule has 1 aromatic heterocycles. The zero-order chi connectivity index (χ0) is 17.8. The third-order valence-corrected chi connectivity index (χ3v) is 4.66. The van der Waals surface area contributed by atoms with Gasteiger partial charge >= 0.3 is 0 Å². The van der Waals surface area contributed by atoms with E-state index in [1.807, 2.05) is 31.2 Å². The van der Waals surface area contributed by atoms with Crippen LogP contribution in [0.4, 0.5) is 5.69 Å². The third kappa shape index (κ3) is 3.88. The van der Waals surface area contributed by atoms with E-state index in [1.165, 1.54) is 11.8 Å². The molecule has 2 N–H and O–H groups in total. The monoisotopic (exact) mass is 357 g/mol. The second kappa shape index (κ2) is 7.48. The SMILES string of the molecule is COc1ccc(NC(=O)[C@@H](C)Sc2nc3ccccc3[nH]2)cc1OC. The van der Waals surface area contributed by atoms with Crippen LogP contribution >= 0.6 is 11.8 Å². The molecule has 130 valence electrons. The highest BCUT2D eigenvalue weighted by Crippen LogP contribution is 2.30. The van der Waals surface area contributed by atoms with Crippen molar-refractivity contribution in [1.29, 1.82) is 0 Å². The molecule has 0 aliphatic carbocycles. The predicted octanol–water partition coefficient (Wildman–Crippen LogP) is 3.70. The predicted molar refractivity (Wildman–Crippen MR) is 99.6 cm³/mol. The maximum absolute atomic E-state index is 12.4. The van der Waals surface area contributed by atoms with Crippen molar-refractivity contribution in [3.05, 3.63) is 42.5 Å². The molecule has 0 saturated carbocycles. The Morgan fingerprint density at radius 3 is 2.64 bits per heavy atom. The average Bonchev–Trinajstić information content (AvgIpc) is 3.03. The number of H-pyrrole nitrogens is 1. The number of hydrogen-bond donors (Lipinski definition) is 2.